The maximum atomic E-state index is 9.80. The molecule has 0 aliphatic rings. The number of nitrogens with zero attached hydrogens (tertiary/aromatic N) is 1. The van der Waals surface area contributed by atoms with Gasteiger partial charge in [0.25, 0.3) is 0 Å². The summed E-state index contributed by atoms with van der Waals surface area (Å²) >= 11 is 0. The van der Waals surface area contributed by atoms with Crippen LogP contribution < -0.4 is 4.74 Å². The van der Waals surface area contributed by atoms with Gasteiger partial charge < -0.3 is 14.7 Å². The lowest BCUT2D eigenvalue weighted by molar-refractivity contribution is 0.261. The Hall–Kier alpha value is -2.62. The molecule has 0 saturated carbocycles. The molecular weight excluding hydrogens is 358 g/mol. The second-order valence-electron chi connectivity index (χ2n) is 7.64. The molecule has 0 spiro atoms. The van der Waals surface area contributed by atoms with Gasteiger partial charge in [-0.25, -0.2) is 0 Å². The topological polar surface area (TPSA) is 32.7 Å². The van der Waals surface area contributed by atoms with E-state index >= 15 is 0 Å². The van der Waals surface area contributed by atoms with E-state index in [1.54, 1.807) is 0 Å². The number of likely N-dealkylation sites (N-methyl/N-ethyl adjacent to an activating group) is 1. The minimum atomic E-state index is 0.161. The second kappa shape index (κ2) is 10.8. The Balaban J connectivity index is 1.91. The molecule has 0 bridgehead atoms. The molecule has 1 N–H and O–H groups in total. The van der Waals surface area contributed by atoms with E-state index in [4.69, 9.17) is 4.74 Å². The number of ether oxygens (including phenoxy) is 1. The largest absolute Gasteiger partial charge is 0.492 e. The fraction of sp³-hybridized carbons (Fsp3) is 0.308. The van der Waals surface area contributed by atoms with Crippen molar-refractivity contribution >= 4 is 0 Å². The van der Waals surface area contributed by atoms with Gasteiger partial charge in [-0.15, -0.1) is 0 Å². The molecule has 3 nitrogen and oxygen atoms in total. The summed E-state index contributed by atoms with van der Waals surface area (Å²) in [5, 5.41) is 9.80. The average molecular weight is 390 g/mol. The van der Waals surface area contributed by atoms with Crippen molar-refractivity contribution in [1.29, 1.82) is 0 Å². The molecule has 3 aromatic carbocycles. The zero-order valence-electron chi connectivity index (χ0n) is 17.4. The molecular formula is C26H31NO2. The van der Waals surface area contributed by atoms with Gasteiger partial charge in [0.2, 0.25) is 0 Å². The van der Waals surface area contributed by atoms with Gasteiger partial charge in [-0.05, 0) is 55.3 Å². The number of benzene rings is 3. The lowest BCUT2D eigenvalue weighted by Crippen LogP contribution is -2.19. The summed E-state index contributed by atoms with van der Waals surface area (Å²) in [6.45, 7) is 1.72. The average Bonchev–Trinajstić information content (AvgIpc) is 2.75. The molecule has 2 unspecified atom stereocenters. The predicted molar refractivity (Wildman–Crippen MR) is 120 cm³/mol. The first-order chi connectivity index (χ1) is 14.2. The summed E-state index contributed by atoms with van der Waals surface area (Å²) in [4.78, 5) is 2.11. The molecule has 0 heterocycles. The highest BCUT2D eigenvalue weighted by molar-refractivity contribution is 5.40. The van der Waals surface area contributed by atoms with E-state index < -0.39 is 0 Å². The first kappa shape index (κ1) is 21.1. The fourth-order valence-electron chi connectivity index (χ4n) is 3.80. The highest BCUT2D eigenvalue weighted by Gasteiger charge is 2.26. The Bertz CT molecular complexity index is 832. The summed E-state index contributed by atoms with van der Waals surface area (Å²) in [5.41, 5.74) is 3.75. The van der Waals surface area contributed by atoms with Crippen LogP contribution in [-0.2, 0) is 0 Å². The van der Waals surface area contributed by atoms with Crippen LogP contribution >= 0.6 is 0 Å². The van der Waals surface area contributed by atoms with Gasteiger partial charge in [-0.2, -0.15) is 0 Å². The van der Waals surface area contributed by atoms with E-state index in [1.807, 2.05) is 26.2 Å². The van der Waals surface area contributed by atoms with Crippen molar-refractivity contribution in [1.82, 2.24) is 4.90 Å². The van der Waals surface area contributed by atoms with Gasteiger partial charge in [0.05, 0.1) is 0 Å². The Morgan fingerprint density at radius 2 is 1.31 bits per heavy atom. The molecule has 0 fully saturated rings. The highest BCUT2D eigenvalue weighted by Crippen LogP contribution is 2.40. The summed E-state index contributed by atoms with van der Waals surface area (Å²) in [6, 6.07) is 29.5. The number of hydrogen-bond acceptors (Lipinski definition) is 3. The molecule has 0 aromatic heterocycles. The van der Waals surface area contributed by atoms with Gasteiger partial charge >= 0.3 is 0 Å². The summed E-state index contributed by atoms with van der Waals surface area (Å²) in [7, 11) is 4.09. The van der Waals surface area contributed by atoms with Crippen molar-refractivity contribution in [2.75, 3.05) is 33.9 Å². The molecule has 152 valence electrons. The molecule has 0 aliphatic heterocycles. The van der Waals surface area contributed by atoms with Crippen LogP contribution in [0.15, 0.2) is 84.9 Å². The van der Waals surface area contributed by atoms with Crippen molar-refractivity contribution in [3.63, 3.8) is 0 Å². The van der Waals surface area contributed by atoms with E-state index in [2.05, 4.69) is 77.7 Å². The van der Waals surface area contributed by atoms with Crippen LogP contribution in [0.5, 0.6) is 5.75 Å². The van der Waals surface area contributed by atoms with Crippen molar-refractivity contribution in [2.24, 2.45) is 0 Å². The van der Waals surface area contributed by atoms with E-state index in [0.29, 0.717) is 13.0 Å². The summed E-state index contributed by atoms with van der Waals surface area (Å²) in [6.07, 6.45) is 0.713. The predicted octanol–water partition coefficient (Wildman–Crippen LogP) is 4.93. The lowest BCUT2D eigenvalue weighted by atomic mass is 9.76. The summed E-state index contributed by atoms with van der Waals surface area (Å²) < 4.78 is 5.87. The van der Waals surface area contributed by atoms with E-state index in [0.717, 1.165) is 12.3 Å². The van der Waals surface area contributed by atoms with Crippen LogP contribution in [-0.4, -0.2) is 43.9 Å². The van der Waals surface area contributed by atoms with Gasteiger partial charge in [0, 0.05) is 19.1 Å². The molecule has 3 aromatic rings. The van der Waals surface area contributed by atoms with Crippen molar-refractivity contribution < 1.29 is 9.84 Å². The maximum Gasteiger partial charge on any atom is 0.119 e. The van der Waals surface area contributed by atoms with Gasteiger partial charge in [0.15, 0.2) is 0 Å². The first-order valence-corrected chi connectivity index (χ1v) is 10.3. The molecule has 2 atom stereocenters. The van der Waals surface area contributed by atoms with Gasteiger partial charge in [-0.3, -0.25) is 0 Å². The number of hydrogen-bond donors (Lipinski definition) is 1. The quantitative estimate of drug-likeness (QED) is 0.534. The molecule has 0 saturated heterocycles. The molecule has 29 heavy (non-hydrogen) atoms. The number of aliphatic hydroxyl groups is 1. The second-order valence-corrected chi connectivity index (χ2v) is 7.64. The zero-order chi connectivity index (χ0) is 20.5. The third-order valence-electron chi connectivity index (χ3n) is 5.28. The smallest absolute Gasteiger partial charge is 0.119 e. The van der Waals surface area contributed by atoms with Crippen LogP contribution in [0.2, 0.25) is 0 Å². The fourth-order valence-corrected chi connectivity index (χ4v) is 3.80. The van der Waals surface area contributed by atoms with Gasteiger partial charge in [0.1, 0.15) is 12.4 Å². The minimum absolute atomic E-state index is 0.161. The van der Waals surface area contributed by atoms with Crippen molar-refractivity contribution in [3.05, 3.63) is 102 Å². The molecule has 3 rings (SSSR count). The van der Waals surface area contributed by atoms with Crippen LogP contribution in [0.3, 0.4) is 0 Å². The Kier molecular flexibility index (Phi) is 7.85. The normalized spacial score (nSPS) is 13.2. The zero-order valence-corrected chi connectivity index (χ0v) is 17.4. The lowest BCUT2D eigenvalue weighted by Gasteiger charge is -2.28. The molecule has 0 radical (unpaired) electrons. The number of rotatable bonds is 10. The Labute approximate surface area is 174 Å². The van der Waals surface area contributed by atoms with Gasteiger partial charge in [-0.1, -0.05) is 72.8 Å². The maximum absolute atomic E-state index is 9.80. The monoisotopic (exact) mass is 389 g/mol. The Morgan fingerprint density at radius 1 is 0.759 bits per heavy atom. The molecule has 0 aliphatic carbocycles. The van der Waals surface area contributed by atoms with Crippen LogP contribution in [0.25, 0.3) is 0 Å². The van der Waals surface area contributed by atoms with Crippen LogP contribution in [0.1, 0.15) is 34.9 Å². The van der Waals surface area contributed by atoms with Crippen LogP contribution in [0.4, 0.5) is 0 Å². The van der Waals surface area contributed by atoms with Crippen molar-refractivity contribution in [2.45, 2.75) is 18.3 Å². The summed E-state index contributed by atoms with van der Waals surface area (Å²) in [5.74, 6) is 1.26. The van der Waals surface area contributed by atoms with E-state index in [9.17, 15) is 5.11 Å². The SMILES string of the molecule is CN(C)CCOc1ccc(C(c2ccccc2)C(CCO)c2ccccc2)cc1. The Morgan fingerprint density at radius 3 is 1.86 bits per heavy atom. The number of aliphatic hydroxyl groups excluding tert-OH is 1. The van der Waals surface area contributed by atoms with E-state index in [-0.39, 0.29) is 18.4 Å². The third kappa shape index (κ3) is 5.93. The standard InChI is InChI=1S/C26H31NO2/c1-27(2)18-20-29-24-15-13-23(14-16-24)26(22-11-7-4-8-12-22)25(17-19-28)21-9-5-3-6-10-21/h3-16,25-26,28H,17-20H2,1-2H3. The molecule has 0 amide bonds. The first-order valence-electron chi connectivity index (χ1n) is 10.3. The third-order valence-corrected chi connectivity index (χ3v) is 5.28. The van der Waals surface area contributed by atoms with E-state index in [1.165, 1.54) is 16.7 Å². The minimum Gasteiger partial charge on any atom is -0.492 e. The molecule has 3 heteroatoms. The highest BCUT2D eigenvalue weighted by atomic mass is 16.5. The van der Waals surface area contributed by atoms with Crippen LogP contribution in [0, 0.1) is 0 Å². The van der Waals surface area contributed by atoms with Crippen molar-refractivity contribution in [3.8, 4) is 5.75 Å².